The van der Waals surface area contributed by atoms with E-state index in [4.69, 9.17) is 0 Å². The minimum absolute atomic E-state index is 0.722. The van der Waals surface area contributed by atoms with Gasteiger partial charge in [0.15, 0.2) is 0 Å². The Morgan fingerprint density at radius 3 is 1.55 bits per heavy atom. The van der Waals surface area contributed by atoms with Crippen molar-refractivity contribution in [2.24, 2.45) is 0 Å². The largest absolute Gasteiger partial charge is 0.303 e. The Bertz CT molecular complexity index is 176. The smallest absolute Gasteiger partial charge is 0.119 e. The van der Waals surface area contributed by atoms with E-state index in [2.05, 4.69) is 32.9 Å². The average molecular weight is 283 g/mol. The molecule has 0 aliphatic carbocycles. The van der Waals surface area contributed by atoms with Crippen LogP contribution in [-0.4, -0.2) is 6.29 Å². The zero-order valence-electron chi connectivity index (χ0n) is 14.3. The molecule has 0 aliphatic heterocycles. The van der Waals surface area contributed by atoms with Crippen LogP contribution in [0.5, 0.6) is 0 Å². The van der Waals surface area contributed by atoms with Gasteiger partial charge in [-0.2, -0.15) is 0 Å². The third-order valence-corrected chi connectivity index (χ3v) is 3.30. The van der Waals surface area contributed by atoms with E-state index in [1.807, 2.05) is 0 Å². The summed E-state index contributed by atoms with van der Waals surface area (Å²) < 4.78 is 0. The van der Waals surface area contributed by atoms with Crippen molar-refractivity contribution in [3.05, 3.63) is 12.2 Å². The first-order chi connectivity index (χ1) is 9.83. The summed E-state index contributed by atoms with van der Waals surface area (Å²) >= 11 is 0. The van der Waals surface area contributed by atoms with Crippen molar-refractivity contribution in [2.45, 2.75) is 104 Å². The molecule has 0 aromatic rings. The fourth-order valence-electron chi connectivity index (χ4n) is 1.98. The first kappa shape index (κ1) is 21.7. The average Bonchev–Trinajstić information content (AvgIpc) is 2.47. The van der Waals surface area contributed by atoms with Crippen molar-refractivity contribution in [2.75, 3.05) is 0 Å². The van der Waals surface area contributed by atoms with Crippen molar-refractivity contribution in [3.63, 3.8) is 0 Å². The Morgan fingerprint density at radius 1 is 0.600 bits per heavy atom. The highest BCUT2D eigenvalue weighted by Crippen LogP contribution is 2.07. The van der Waals surface area contributed by atoms with E-state index in [0.29, 0.717) is 0 Å². The summed E-state index contributed by atoms with van der Waals surface area (Å²) in [6.45, 7) is 6.67. The molecule has 0 amide bonds. The minimum atomic E-state index is 0.722. The van der Waals surface area contributed by atoms with E-state index < -0.39 is 0 Å². The Balaban J connectivity index is 0. The summed E-state index contributed by atoms with van der Waals surface area (Å²) in [7, 11) is 0. The van der Waals surface area contributed by atoms with Crippen molar-refractivity contribution < 1.29 is 4.79 Å². The number of rotatable bonds is 13. The number of carbonyl (C=O) groups is 1. The molecule has 0 aromatic heterocycles. The standard InChI is InChI=1S/C10H22.C9H16O/c1-3-5-7-9-10-8-6-4-2;1-2-3-4-5-6-7-8-9-10/h3-10H2,1-2H3;3-4,9H,2,5-8H2,1H3/b;4-3-. The summed E-state index contributed by atoms with van der Waals surface area (Å²) in [6.07, 6.45) is 22.0. The molecule has 1 heteroatoms. The zero-order chi connectivity index (χ0) is 15.3. The second-order valence-corrected chi connectivity index (χ2v) is 5.45. The van der Waals surface area contributed by atoms with Gasteiger partial charge >= 0.3 is 0 Å². The fourth-order valence-corrected chi connectivity index (χ4v) is 1.98. The van der Waals surface area contributed by atoms with Crippen LogP contribution in [0, 0.1) is 0 Å². The highest BCUT2D eigenvalue weighted by Gasteiger charge is 1.87. The molecular formula is C19H38O. The lowest BCUT2D eigenvalue weighted by molar-refractivity contribution is -0.107. The van der Waals surface area contributed by atoms with Crippen LogP contribution in [0.2, 0.25) is 0 Å². The maximum atomic E-state index is 9.88. The van der Waals surface area contributed by atoms with E-state index >= 15 is 0 Å². The summed E-state index contributed by atoms with van der Waals surface area (Å²) in [4.78, 5) is 9.88. The summed E-state index contributed by atoms with van der Waals surface area (Å²) in [5.74, 6) is 0. The molecular weight excluding hydrogens is 244 g/mol. The van der Waals surface area contributed by atoms with Gasteiger partial charge in [0.1, 0.15) is 6.29 Å². The normalized spacial score (nSPS) is 10.3. The number of allylic oxidation sites excluding steroid dienone is 2. The van der Waals surface area contributed by atoms with Gasteiger partial charge in [0.25, 0.3) is 0 Å². The second kappa shape index (κ2) is 23.5. The molecule has 20 heavy (non-hydrogen) atoms. The molecule has 0 aliphatic rings. The van der Waals surface area contributed by atoms with Gasteiger partial charge in [0, 0.05) is 6.42 Å². The third-order valence-electron chi connectivity index (χ3n) is 3.30. The summed E-state index contributed by atoms with van der Waals surface area (Å²) in [5, 5.41) is 0. The van der Waals surface area contributed by atoms with Gasteiger partial charge in [0.2, 0.25) is 0 Å². The van der Waals surface area contributed by atoms with Crippen molar-refractivity contribution in [1.29, 1.82) is 0 Å². The zero-order valence-corrected chi connectivity index (χ0v) is 14.3. The molecule has 0 aromatic carbocycles. The van der Waals surface area contributed by atoms with Crippen molar-refractivity contribution in [3.8, 4) is 0 Å². The third kappa shape index (κ3) is 26.1. The van der Waals surface area contributed by atoms with Crippen LogP contribution in [0.3, 0.4) is 0 Å². The van der Waals surface area contributed by atoms with Crippen LogP contribution in [-0.2, 0) is 4.79 Å². The fraction of sp³-hybridized carbons (Fsp3) is 0.842. The maximum absolute atomic E-state index is 9.88. The highest BCUT2D eigenvalue weighted by molar-refractivity contribution is 5.48. The van der Waals surface area contributed by atoms with E-state index in [1.54, 1.807) is 0 Å². The lowest BCUT2D eigenvalue weighted by atomic mass is 10.1. The van der Waals surface area contributed by atoms with Crippen LogP contribution < -0.4 is 0 Å². The molecule has 1 nitrogen and oxygen atoms in total. The van der Waals surface area contributed by atoms with Gasteiger partial charge < -0.3 is 4.79 Å². The molecule has 0 heterocycles. The van der Waals surface area contributed by atoms with Gasteiger partial charge in [-0.3, -0.25) is 0 Å². The van der Waals surface area contributed by atoms with Crippen LogP contribution in [0.1, 0.15) is 104 Å². The van der Waals surface area contributed by atoms with E-state index in [9.17, 15) is 4.79 Å². The first-order valence-electron chi connectivity index (χ1n) is 8.92. The molecule has 0 atom stereocenters. The monoisotopic (exact) mass is 282 g/mol. The molecule has 0 fully saturated rings. The van der Waals surface area contributed by atoms with Crippen LogP contribution >= 0.6 is 0 Å². The predicted octanol–water partition coefficient (Wildman–Crippen LogP) is 6.86. The second-order valence-electron chi connectivity index (χ2n) is 5.45. The van der Waals surface area contributed by atoms with Crippen molar-refractivity contribution >= 4 is 6.29 Å². The molecule has 0 rings (SSSR count). The Morgan fingerprint density at radius 2 is 1.10 bits per heavy atom. The predicted molar refractivity (Wildman–Crippen MR) is 92.2 cm³/mol. The van der Waals surface area contributed by atoms with Crippen LogP contribution in [0.25, 0.3) is 0 Å². The molecule has 0 bridgehead atoms. The highest BCUT2D eigenvalue weighted by atomic mass is 16.1. The molecule has 120 valence electrons. The molecule has 0 saturated carbocycles. The molecule has 0 radical (unpaired) electrons. The van der Waals surface area contributed by atoms with E-state index in [-0.39, 0.29) is 0 Å². The summed E-state index contributed by atoms with van der Waals surface area (Å²) in [6, 6.07) is 0. The Labute approximate surface area is 128 Å². The van der Waals surface area contributed by atoms with Gasteiger partial charge in [-0.05, 0) is 25.7 Å². The van der Waals surface area contributed by atoms with Gasteiger partial charge in [-0.15, -0.1) is 0 Å². The van der Waals surface area contributed by atoms with Gasteiger partial charge in [-0.25, -0.2) is 0 Å². The lowest BCUT2D eigenvalue weighted by Crippen LogP contribution is -1.77. The SMILES string of the molecule is CC/C=C\CCCCC=O.CCCCCCCCCC. The lowest BCUT2D eigenvalue weighted by Gasteiger charge is -1.97. The number of aldehydes is 1. The van der Waals surface area contributed by atoms with Gasteiger partial charge in [-0.1, -0.05) is 84.3 Å². The topological polar surface area (TPSA) is 17.1 Å². The number of carbonyl (C=O) groups excluding carboxylic acids is 1. The van der Waals surface area contributed by atoms with Crippen LogP contribution in [0.15, 0.2) is 12.2 Å². The van der Waals surface area contributed by atoms with E-state index in [0.717, 1.165) is 38.4 Å². The van der Waals surface area contributed by atoms with E-state index in [1.165, 1.54) is 51.4 Å². The number of unbranched alkanes of at least 4 members (excludes halogenated alkanes) is 10. The summed E-state index contributed by atoms with van der Waals surface area (Å²) in [5.41, 5.74) is 0. The molecule has 0 saturated heterocycles. The van der Waals surface area contributed by atoms with Crippen LogP contribution in [0.4, 0.5) is 0 Å². The molecule has 0 N–H and O–H groups in total. The van der Waals surface area contributed by atoms with Gasteiger partial charge in [0.05, 0.1) is 0 Å². The van der Waals surface area contributed by atoms with Crippen molar-refractivity contribution in [1.82, 2.24) is 0 Å². The Kier molecular flexibility index (Phi) is 25.5. The molecule has 0 unspecified atom stereocenters. The Hall–Kier alpha value is -0.590. The quantitative estimate of drug-likeness (QED) is 0.205. The molecule has 0 spiro atoms. The maximum Gasteiger partial charge on any atom is 0.119 e. The first-order valence-corrected chi connectivity index (χ1v) is 8.92. The number of hydrogen-bond acceptors (Lipinski definition) is 1. The number of hydrogen-bond donors (Lipinski definition) is 0. The minimum Gasteiger partial charge on any atom is -0.303 e.